The number of esters is 1. The van der Waals surface area contributed by atoms with Crippen LogP contribution in [0.4, 0.5) is 4.39 Å². The van der Waals surface area contributed by atoms with E-state index >= 15 is 0 Å². The van der Waals surface area contributed by atoms with E-state index in [9.17, 15) is 9.18 Å². The van der Waals surface area contributed by atoms with Gasteiger partial charge in [-0.15, -0.1) is 0 Å². The predicted molar refractivity (Wildman–Crippen MR) is 89.9 cm³/mol. The van der Waals surface area contributed by atoms with Gasteiger partial charge in [0, 0.05) is 31.4 Å². The molecule has 118 valence electrons. The van der Waals surface area contributed by atoms with Crippen LogP contribution in [0.5, 0.6) is 0 Å². The number of aromatic amines is 1. The fourth-order valence-corrected chi connectivity index (χ4v) is 3.58. The molecule has 0 saturated carbocycles. The minimum absolute atomic E-state index is 0.0713. The van der Waals surface area contributed by atoms with Gasteiger partial charge in [0.05, 0.1) is 12.7 Å². The molecule has 3 nitrogen and oxygen atoms in total. The molecule has 2 aromatic carbocycles. The van der Waals surface area contributed by atoms with Crippen LogP contribution in [0, 0.1) is 12.7 Å². The number of H-pyrrole nitrogens is 1. The van der Waals surface area contributed by atoms with Gasteiger partial charge in [-0.1, -0.05) is 29.4 Å². The van der Waals surface area contributed by atoms with Crippen LogP contribution >= 0.6 is 23.4 Å². The van der Waals surface area contributed by atoms with Crippen LogP contribution in [-0.4, -0.2) is 18.1 Å². The fourth-order valence-electron chi connectivity index (χ4n) is 2.36. The van der Waals surface area contributed by atoms with Crippen molar-refractivity contribution in [2.24, 2.45) is 0 Å². The van der Waals surface area contributed by atoms with E-state index in [-0.39, 0.29) is 5.56 Å². The van der Waals surface area contributed by atoms with Crippen molar-refractivity contribution < 1.29 is 13.9 Å². The molecular weight excluding hydrogens is 337 g/mol. The number of carbonyl (C=O) groups excluding carboxylic acids is 1. The number of halogens is 2. The van der Waals surface area contributed by atoms with Gasteiger partial charge in [-0.2, -0.15) is 0 Å². The first kappa shape index (κ1) is 15.9. The zero-order valence-corrected chi connectivity index (χ0v) is 14.0. The Morgan fingerprint density at radius 2 is 2.04 bits per heavy atom. The van der Waals surface area contributed by atoms with Gasteiger partial charge in [-0.05, 0) is 37.3 Å². The molecule has 1 N–H and O–H groups in total. The summed E-state index contributed by atoms with van der Waals surface area (Å²) >= 11 is 7.47. The van der Waals surface area contributed by atoms with Gasteiger partial charge >= 0.3 is 5.97 Å². The summed E-state index contributed by atoms with van der Waals surface area (Å²) in [5.74, 6) is -1.28. The van der Waals surface area contributed by atoms with Crippen LogP contribution in [0.3, 0.4) is 0 Å². The lowest BCUT2D eigenvalue weighted by Crippen LogP contribution is -2.04. The van der Waals surface area contributed by atoms with Crippen LogP contribution < -0.4 is 0 Å². The number of aryl methyl sites for hydroxylation is 1. The second kappa shape index (κ2) is 6.26. The molecule has 0 saturated heterocycles. The number of hydrogen-bond acceptors (Lipinski definition) is 3. The molecule has 0 amide bonds. The average molecular weight is 350 g/mol. The van der Waals surface area contributed by atoms with Crippen molar-refractivity contribution in [3.63, 3.8) is 0 Å². The summed E-state index contributed by atoms with van der Waals surface area (Å²) in [5, 5.41) is 1.69. The average Bonchev–Trinajstić information content (AvgIpc) is 2.83. The molecule has 0 atom stereocenters. The summed E-state index contributed by atoms with van der Waals surface area (Å²) in [6, 6.07) is 10.0. The lowest BCUT2D eigenvalue weighted by atomic mass is 10.2. The van der Waals surface area contributed by atoms with Gasteiger partial charge in [0.25, 0.3) is 0 Å². The number of methoxy groups -OCH3 is 1. The molecule has 0 aliphatic carbocycles. The Morgan fingerprint density at radius 1 is 1.26 bits per heavy atom. The molecule has 0 bridgehead atoms. The predicted octanol–water partition coefficient (Wildman–Crippen LogP) is 5.21. The number of hydrogen-bond donors (Lipinski definition) is 1. The maximum atomic E-state index is 13.7. The lowest BCUT2D eigenvalue weighted by molar-refractivity contribution is 0.0595. The van der Waals surface area contributed by atoms with Crippen LogP contribution in [0.15, 0.2) is 46.2 Å². The van der Waals surface area contributed by atoms with Crippen molar-refractivity contribution in [2.45, 2.75) is 16.7 Å². The van der Waals surface area contributed by atoms with Gasteiger partial charge in [-0.25, -0.2) is 9.18 Å². The highest BCUT2D eigenvalue weighted by atomic mass is 35.5. The van der Waals surface area contributed by atoms with Gasteiger partial charge in [-0.3, -0.25) is 0 Å². The van der Waals surface area contributed by atoms with E-state index in [0.717, 1.165) is 26.4 Å². The Balaban J connectivity index is 2.02. The molecule has 1 heterocycles. The van der Waals surface area contributed by atoms with E-state index in [1.165, 1.54) is 31.0 Å². The van der Waals surface area contributed by atoms with E-state index in [4.69, 9.17) is 11.6 Å². The maximum Gasteiger partial charge on any atom is 0.340 e. The Labute approximate surface area is 141 Å². The third kappa shape index (κ3) is 3.07. The van der Waals surface area contributed by atoms with E-state index in [1.807, 2.05) is 25.1 Å². The largest absolute Gasteiger partial charge is 0.465 e. The number of fused-ring (bicyclic) bond motifs is 1. The number of aromatic nitrogens is 1. The highest BCUT2D eigenvalue weighted by Crippen LogP contribution is 2.37. The highest BCUT2D eigenvalue weighted by molar-refractivity contribution is 7.99. The Bertz CT molecular complexity index is 907. The Hall–Kier alpha value is -1.98. The molecule has 3 aromatic rings. The SMILES string of the molecule is COC(=O)c1cc(Sc2c(C)[nH]c3cc(Cl)ccc23)ccc1F. The second-order valence-electron chi connectivity index (χ2n) is 5.00. The molecule has 0 radical (unpaired) electrons. The topological polar surface area (TPSA) is 42.1 Å². The van der Waals surface area contributed by atoms with Crippen LogP contribution in [0.25, 0.3) is 10.9 Å². The molecule has 0 spiro atoms. The monoisotopic (exact) mass is 349 g/mol. The summed E-state index contributed by atoms with van der Waals surface area (Å²) in [7, 11) is 1.23. The molecule has 0 fully saturated rings. The number of nitrogens with one attached hydrogen (secondary N) is 1. The summed E-state index contributed by atoms with van der Waals surface area (Å²) < 4.78 is 18.3. The van der Waals surface area contributed by atoms with Crippen molar-refractivity contribution in [2.75, 3.05) is 7.11 Å². The van der Waals surface area contributed by atoms with Crippen molar-refractivity contribution in [3.05, 3.63) is 58.5 Å². The van der Waals surface area contributed by atoms with Crippen molar-refractivity contribution >= 4 is 40.2 Å². The van der Waals surface area contributed by atoms with Gasteiger partial charge in [0.15, 0.2) is 0 Å². The molecule has 0 aliphatic heterocycles. The molecule has 23 heavy (non-hydrogen) atoms. The molecule has 6 heteroatoms. The molecule has 1 aromatic heterocycles. The number of carbonyl (C=O) groups is 1. The maximum absolute atomic E-state index is 13.7. The Kier molecular flexibility index (Phi) is 4.33. The van der Waals surface area contributed by atoms with E-state index in [0.29, 0.717) is 5.02 Å². The normalized spacial score (nSPS) is 11.0. The minimum Gasteiger partial charge on any atom is -0.465 e. The fraction of sp³-hybridized carbons (Fsp3) is 0.118. The van der Waals surface area contributed by atoms with Crippen molar-refractivity contribution in [1.82, 2.24) is 4.98 Å². The summed E-state index contributed by atoms with van der Waals surface area (Å²) in [5.41, 5.74) is 1.85. The zero-order chi connectivity index (χ0) is 16.6. The minimum atomic E-state index is -0.688. The number of benzene rings is 2. The van der Waals surface area contributed by atoms with Crippen LogP contribution in [0.1, 0.15) is 16.1 Å². The first-order valence-electron chi connectivity index (χ1n) is 6.83. The van der Waals surface area contributed by atoms with E-state index < -0.39 is 11.8 Å². The zero-order valence-electron chi connectivity index (χ0n) is 12.4. The highest BCUT2D eigenvalue weighted by Gasteiger charge is 2.15. The summed E-state index contributed by atoms with van der Waals surface area (Å²) in [6.07, 6.45) is 0. The third-order valence-electron chi connectivity index (χ3n) is 3.45. The molecule has 0 aliphatic rings. The third-order valence-corrected chi connectivity index (χ3v) is 4.91. The van der Waals surface area contributed by atoms with Crippen molar-refractivity contribution in [1.29, 1.82) is 0 Å². The van der Waals surface area contributed by atoms with E-state index in [2.05, 4.69) is 9.72 Å². The van der Waals surface area contributed by atoms with Gasteiger partial charge < -0.3 is 9.72 Å². The standard InChI is InChI=1S/C17H13ClFNO2S/c1-9-16(12-5-3-10(18)7-15(12)20-9)23-11-4-6-14(19)13(8-11)17(21)22-2/h3-8,20H,1-2H3. The Morgan fingerprint density at radius 3 is 2.78 bits per heavy atom. The quantitative estimate of drug-likeness (QED) is 0.660. The van der Waals surface area contributed by atoms with Gasteiger partial charge in [0.1, 0.15) is 5.82 Å². The van der Waals surface area contributed by atoms with Gasteiger partial charge in [0.2, 0.25) is 0 Å². The first-order valence-corrected chi connectivity index (χ1v) is 8.02. The molecule has 0 unspecified atom stereocenters. The molecular formula is C17H13ClFNO2S. The summed E-state index contributed by atoms with van der Waals surface area (Å²) in [4.78, 5) is 16.7. The smallest absolute Gasteiger partial charge is 0.340 e. The number of ether oxygens (including phenoxy) is 1. The molecule has 3 rings (SSSR count). The lowest BCUT2D eigenvalue weighted by Gasteiger charge is -2.06. The first-order chi connectivity index (χ1) is 11.0. The summed E-state index contributed by atoms with van der Waals surface area (Å²) in [6.45, 7) is 1.96. The number of rotatable bonds is 3. The van der Waals surface area contributed by atoms with Crippen LogP contribution in [0.2, 0.25) is 5.02 Å². The van der Waals surface area contributed by atoms with Crippen LogP contribution in [-0.2, 0) is 4.74 Å². The van der Waals surface area contributed by atoms with Crippen molar-refractivity contribution in [3.8, 4) is 0 Å². The second-order valence-corrected chi connectivity index (χ2v) is 6.52. The van der Waals surface area contributed by atoms with E-state index in [1.54, 1.807) is 6.07 Å².